The topological polar surface area (TPSA) is 78.4 Å². The summed E-state index contributed by atoms with van der Waals surface area (Å²) in [6.45, 7) is 0. The molecular formula is C20H15N5O2S2. The molecule has 1 N–H and O–H groups in total. The molecule has 1 saturated heterocycles. The van der Waals surface area contributed by atoms with Gasteiger partial charge in [-0.05, 0) is 54.7 Å². The van der Waals surface area contributed by atoms with Crippen molar-refractivity contribution in [2.24, 2.45) is 0 Å². The van der Waals surface area contributed by atoms with Crippen molar-refractivity contribution in [3.63, 3.8) is 0 Å². The van der Waals surface area contributed by atoms with Gasteiger partial charge in [0.2, 0.25) is 0 Å². The Balaban J connectivity index is 1.72. The number of thiophene rings is 1. The van der Waals surface area contributed by atoms with E-state index in [0.717, 1.165) is 21.4 Å². The molecule has 3 aromatic heterocycles. The largest absolute Gasteiger partial charge is 0.298 e. The van der Waals surface area contributed by atoms with Gasteiger partial charge >= 0.3 is 0 Å². The summed E-state index contributed by atoms with van der Waals surface area (Å²) in [7, 11) is 1.53. The maximum absolute atomic E-state index is 12.4. The number of rotatable bonds is 4. The minimum absolute atomic E-state index is 0.0443. The molecule has 144 valence electrons. The summed E-state index contributed by atoms with van der Waals surface area (Å²) in [5.41, 5.74) is 0.944. The fraction of sp³-hybridized carbons (Fsp3) is 0.0500. The van der Waals surface area contributed by atoms with Crippen LogP contribution < -0.4 is 10.2 Å². The number of thiocarbonyl (C=S) groups is 1. The molecule has 0 unspecified atom stereocenters. The van der Waals surface area contributed by atoms with E-state index in [-0.39, 0.29) is 10.7 Å². The number of carbonyl (C=O) groups excluding carboxylic acids is 2. The highest BCUT2D eigenvalue weighted by Gasteiger charge is 2.31. The molecule has 4 heterocycles. The highest BCUT2D eigenvalue weighted by Crippen LogP contribution is 2.38. The van der Waals surface area contributed by atoms with E-state index in [1.54, 1.807) is 24.7 Å². The number of hydrogen-bond acceptors (Lipinski definition) is 7. The molecule has 1 fully saturated rings. The first-order chi connectivity index (χ1) is 14.0. The van der Waals surface area contributed by atoms with Crippen LogP contribution in [-0.4, -0.2) is 38.8 Å². The van der Waals surface area contributed by atoms with Crippen LogP contribution in [0.3, 0.4) is 0 Å². The molecule has 0 spiro atoms. The van der Waals surface area contributed by atoms with E-state index in [2.05, 4.69) is 15.3 Å². The molecule has 1 aliphatic rings. The molecule has 7 nitrogen and oxygen atoms in total. The first-order valence-electron chi connectivity index (χ1n) is 8.60. The molecule has 0 radical (unpaired) electrons. The Hall–Kier alpha value is -3.43. The second kappa shape index (κ2) is 7.90. The zero-order chi connectivity index (χ0) is 20.4. The van der Waals surface area contributed by atoms with Crippen LogP contribution in [0.15, 0.2) is 66.6 Å². The zero-order valence-corrected chi connectivity index (χ0v) is 16.9. The van der Waals surface area contributed by atoms with Gasteiger partial charge in [-0.1, -0.05) is 6.07 Å². The minimum atomic E-state index is -0.497. The van der Waals surface area contributed by atoms with Gasteiger partial charge in [-0.2, -0.15) is 0 Å². The molecule has 4 rings (SSSR count). The lowest BCUT2D eigenvalue weighted by atomic mass is 10.1. The van der Waals surface area contributed by atoms with Gasteiger partial charge in [-0.15, -0.1) is 11.3 Å². The molecule has 2 amide bonds. The van der Waals surface area contributed by atoms with Gasteiger partial charge in [0, 0.05) is 30.5 Å². The highest BCUT2D eigenvalue weighted by molar-refractivity contribution is 7.80. The number of anilines is 3. The molecule has 29 heavy (non-hydrogen) atoms. The molecule has 9 heteroatoms. The first kappa shape index (κ1) is 18.9. The number of nitrogens with zero attached hydrogens (tertiary/aromatic N) is 4. The SMILES string of the molecule is CN1C(=O)/C(=C/c2ccc(N(c3ccncc3)c3ccccn3)s2)C(=O)NC1=S. The lowest BCUT2D eigenvalue weighted by Gasteiger charge is -2.24. The molecule has 0 aromatic carbocycles. The second-order valence-corrected chi connectivity index (χ2v) is 7.57. The third-order valence-electron chi connectivity index (χ3n) is 4.22. The average Bonchev–Trinajstić information content (AvgIpc) is 3.19. The number of likely N-dealkylation sites (N-methyl/N-ethyl adjacent to an activating group) is 1. The van der Waals surface area contributed by atoms with E-state index >= 15 is 0 Å². The maximum Gasteiger partial charge on any atom is 0.265 e. The molecule has 0 aliphatic carbocycles. The van der Waals surface area contributed by atoms with Crippen molar-refractivity contribution in [2.45, 2.75) is 0 Å². The number of aromatic nitrogens is 2. The predicted molar refractivity (Wildman–Crippen MR) is 116 cm³/mol. The third-order valence-corrected chi connectivity index (χ3v) is 5.62. The van der Waals surface area contributed by atoms with Gasteiger partial charge in [0.15, 0.2) is 5.11 Å². The van der Waals surface area contributed by atoms with Gasteiger partial charge in [-0.25, -0.2) is 4.98 Å². The predicted octanol–water partition coefficient (Wildman–Crippen LogP) is 3.26. The van der Waals surface area contributed by atoms with Gasteiger partial charge in [0.1, 0.15) is 16.4 Å². The second-order valence-electron chi connectivity index (χ2n) is 6.09. The van der Waals surface area contributed by atoms with Crippen molar-refractivity contribution in [2.75, 3.05) is 11.9 Å². The summed E-state index contributed by atoms with van der Waals surface area (Å²) in [4.78, 5) is 37.2. The zero-order valence-electron chi connectivity index (χ0n) is 15.3. The van der Waals surface area contributed by atoms with E-state index in [9.17, 15) is 9.59 Å². The summed E-state index contributed by atoms with van der Waals surface area (Å²) in [6.07, 6.45) is 6.73. The normalized spacial score (nSPS) is 15.6. The van der Waals surface area contributed by atoms with E-state index in [1.807, 2.05) is 47.4 Å². The van der Waals surface area contributed by atoms with Crippen LogP contribution in [0.4, 0.5) is 16.5 Å². The monoisotopic (exact) mass is 421 g/mol. The molecule has 1 aliphatic heterocycles. The van der Waals surface area contributed by atoms with E-state index < -0.39 is 11.8 Å². The Bertz CT molecular complexity index is 1070. The standard InChI is InChI=1S/C20H15N5O2S2/c1-24-19(27)15(18(26)23-20(24)28)12-14-5-6-17(29-14)25(13-7-10-21-11-8-13)16-4-2-3-9-22-16/h2-12H,1H3,(H,23,26,28)/b15-12+. The smallest absolute Gasteiger partial charge is 0.265 e. The molecule has 0 bridgehead atoms. The van der Waals surface area contributed by atoms with Crippen LogP contribution in [0.1, 0.15) is 4.88 Å². The number of hydrogen-bond donors (Lipinski definition) is 1. The average molecular weight is 422 g/mol. The summed E-state index contributed by atoms with van der Waals surface area (Å²) in [5.74, 6) is -0.176. The Morgan fingerprint density at radius 2 is 1.90 bits per heavy atom. The first-order valence-corrected chi connectivity index (χ1v) is 9.83. The van der Waals surface area contributed by atoms with Crippen molar-refractivity contribution < 1.29 is 9.59 Å². The number of nitrogens with one attached hydrogen (secondary N) is 1. The lowest BCUT2D eigenvalue weighted by Crippen LogP contribution is -2.52. The van der Waals surface area contributed by atoms with Crippen molar-refractivity contribution >= 4 is 63.1 Å². The van der Waals surface area contributed by atoms with Crippen LogP contribution in [-0.2, 0) is 9.59 Å². The van der Waals surface area contributed by atoms with Gasteiger partial charge in [0.05, 0.1) is 5.69 Å². The maximum atomic E-state index is 12.4. The number of carbonyl (C=O) groups is 2. The van der Waals surface area contributed by atoms with Gasteiger partial charge < -0.3 is 0 Å². The summed E-state index contributed by atoms with van der Waals surface area (Å²) in [6, 6.07) is 13.2. The number of amides is 2. The molecule has 0 atom stereocenters. The molecular weight excluding hydrogens is 406 g/mol. The highest BCUT2D eigenvalue weighted by atomic mass is 32.1. The summed E-state index contributed by atoms with van der Waals surface area (Å²) < 4.78 is 0. The van der Waals surface area contributed by atoms with Crippen molar-refractivity contribution in [1.82, 2.24) is 20.2 Å². The third kappa shape index (κ3) is 3.78. The van der Waals surface area contributed by atoms with Crippen LogP contribution in [0.25, 0.3) is 6.08 Å². The van der Waals surface area contributed by atoms with E-state index in [4.69, 9.17) is 12.2 Å². The Kier molecular flexibility index (Phi) is 5.15. The van der Waals surface area contributed by atoms with Crippen molar-refractivity contribution in [3.8, 4) is 0 Å². The Morgan fingerprint density at radius 1 is 1.10 bits per heavy atom. The van der Waals surface area contributed by atoms with Crippen molar-refractivity contribution in [3.05, 3.63) is 71.5 Å². The quantitative estimate of drug-likeness (QED) is 0.396. The van der Waals surface area contributed by atoms with E-state index in [1.165, 1.54) is 23.3 Å². The molecule has 0 saturated carbocycles. The molecule has 3 aromatic rings. The van der Waals surface area contributed by atoms with Gasteiger partial charge in [-0.3, -0.25) is 29.7 Å². The summed E-state index contributed by atoms with van der Waals surface area (Å²) >= 11 is 6.41. The van der Waals surface area contributed by atoms with Crippen molar-refractivity contribution in [1.29, 1.82) is 0 Å². The summed E-state index contributed by atoms with van der Waals surface area (Å²) in [5, 5.41) is 3.50. The minimum Gasteiger partial charge on any atom is -0.298 e. The van der Waals surface area contributed by atoms with E-state index in [0.29, 0.717) is 0 Å². The fourth-order valence-corrected chi connectivity index (χ4v) is 3.94. The van der Waals surface area contributed by atoms with Gasteiger partial charge in [0.25, 0.3) is 11.8 Å². The van der Waals surface area contributed by atoms with Crippen LogP contribution >= 0.6 is 23.6 Å². The Labute approximate surface area is 176 Å². The number of pyridine rings is 2. The van der Waals surface area contributed by atoms with Crippen LogP contribution in [0.5, 0.6) is 0 Å². The lowest BCUT2D eigenvalue weighted by molar-refractivity contribution is -0.128. The fourth-order valence-electron chi connectivity index (χ4n) is 2.78. The van der Waals surface area contributed by atoms with Crippen LogP contribution in [0, 0.1) is 0 Å². The van der Waals surface area contributed by atoms with Crippen LogP contribution in [0.2, 0.25) is 0 Å². The Morgan fingerprint density at radius 3 is 2.62 bits per heavy atom.